The number of aromatic nitrogens is 1. The van der Waals surface area contributed by atoms with Gasteiger partial charge in [-0.1, -0.05) is 0 Å². The molecule has 0 spiro atoms. The van der Waals surface area contributed by atoms with Gasteiger partial charge in [0.2, 0.25) is 5.91 Å². The van der Waals surface area contributed by atoms with Crippen molar-refractivity contribution < 1.29 is 19.5 Å². The number of rotatable bonds is 5. The molecule has 2 amide bonds. The molecule has 7 nitrogen and oxygen atoms in total. The van der Waals surface area contributed by atoms with E-state index in [0.717, 1.165) is 11.3 Å². The third kappa shape index (κ3) is 3.27. The van der Waals surface area contributed by atoms with Gasteiger partial charge >= 0.3 is 5.97 Å². The van der Waals surface area contributed by atoms with E-state index in [1.807, 2.05) is 0 Å². The number of hydrogen-bond acceptors (Lipinski definition) is 5. The summed E-state index contributed by atoms with van der Waals surface area (Å²) in [7, 11) is 0. The van der Waals surface area contributed by atoms with Crippen LogP contribution < -0.4 is 5.73 Å². The topological polar surface area (TPSA) is 114 Å². The van der Waals surface area contributed by atoms with Gasteiger partial charge in [0.05, 0.1) is 6.54 Å². The van der Waals surface area contributed by atoms with Crippen molar-refractivity contribution in [2.24, 2.45) is 5.73 Å². The molecule has 0 radical (unpaired) electrons. The predicted molar refractivity (Wildman–Crippen MR) is 64.4 cm³/mol. The number of carboxylic acid groups (broad SMARTS) is 1. The Hall–Kier alpha value is -1.96. The number of thiazole rings is 1. The molecule has 1 aromatic heterocycles. The summed E-state index contributed by atoms with van der Waals surface area (Å²) in [5.74, 6) is -2.33. The Labute approximate surface area is 107 Å². The zero-order valence-corrected chi connectivity index (χ0v) is 10.7. The molecule has 1 rings (SSSR count). The van der Waals surface area contributed by atoms with Crippen LogP contribution in [0.5, 0.6) is 0 Å². The van der Waals surface area contributed by atoms with Crippen molar-refractivity contribution >= 4 is 29.1 Å². The summed E-state index contributed by atoms with van der Waals surface area (Å²) in [5, 5.41) is 10.0. The van der Waals surface area contributed by atoms with Gasteiger partial charge in [-0.25, -0.2) is 9.78 Å². The second-order valence-corrected chi connectivity index (χ2v) is 4.69. The van der Waals surface area contributed by atoms with Crippen molar-refractivity contribution in [1.82, 2.24) is 9.88 Å². The molecule has 18 heavy (non-hydrogen) atoms. The molecule has 0 saturated carbocycles. The van der Waals surface area contributed by atoms with Gasteiger partial charge in [-0.05, 0) is 13.8 Å². The third-order valence-electron chi connectivity index (χ3n) is 2.12. The van der Waals surface area contributed by atoms with Crippen molar-refractivity contribution in [3.8, 4) is 0 Å². The van der Waals surface area contributed by atoms with E-state index < -0.39 is 17.8 Å². The van der Waals surface area contributed by atoms with Crippen LogP contribution in [0.1, 0.15) is 34.1 Å². The molecule has 0 bridgehead atoms. The van der Waals surface area contributed by atoms with Gasteiger partial charge < -0.3 is 15.7 Å². The maximum atomic E-state index is 12.0. The number of nitrogens with two attached hydrogens (primary N) is 1. The monoisotopic (exact) mass is 271 g/mol. The minimum atomic E-state index is -1.20. The van der Waals surface area contributed by atoms with E-state index in [4.69, 9.17) is 10.8 Å². The molecular formula is C10H13N3O4S. The molecule has 0 aliphatic rings. The fourth-order valence-corrected chi connectivity index (χ4v) is 2.00. The highest BCUT2D eigenvalue weighted by atomic mass is 32.1. The van der Waals surface area contributed by atoms with E-state index in [0.29, 0.717) is 0 Å². The summed E-state index contributed by atoms with van der Waals surface area (Å²) in [4.78, 5) is 38.5. The number of carbonyl (C=O) groups is 3. The van der Waals surface area contributed by atoms with E-state index in [1.165, 1.54) is 10.3 Å². The minimum absolute atomic E-state index is 0.0300. The first kappa shape index (κ1) is 14.1. The Kier molecular flexibility index (Phi) is 4.38. The van der Waals surface area contributed by atoms with Gasteiger partial charge in [-0.2, -0.15) is 0 Å². The lowest BCUT2D eigenvalue weighted by Crippen LogP contribution is -2.42. The van der Waals surface area contributed by atoms with Gasteiger partial charge in [-0.3, -0.25) is 9.59 Å². The third-order valence-corrected chi connectivity index (χ3v) is 2.95. The SMILES string of the molecule is CC(C)N(CC(N)=O)C(=O)c1nc(C(=O)O)cs1. The quantitative estimate of drug-likeness (QED) is 0.792. The van der Waals surface area contributed by atoms with Crippen molar-refractivity contribution in [3.63, 3.8) is 0 Å². The van der Waals surface area contributed by atoms with E-state index in [2.05, 4.69) is 4.98 Å². The molecular weight excluding hydrogens is 258 g/mol. The van der Waals surface area contributed by atoms with Crippen LogP contribution in [0.3, 0.4) is 0 Å². The lowest BCUT2D eigenvalue weighted by Gasteiger charge is -2.24. The first-order chi connectivity index (χ1) is 8.32. The Bertz CT molecular complexity index is 483. The standard InChI is InChI=1S/C10H13N3O4S/c1-5(2)13(3-7(11)14)9(15)8-12-6(4-18-8)10(16)17/h4-5H,3H2,1-2H3,(H2,11,14)(H,16,17). The smallest absolute Gasteiger partial charge is 0.355 e. The van der Waals surface area contributed by atoms with Gasteiger partial charge in [0, 0.05) is 11.4 Å². The lowest BCUT2D eigenvalue weighted by atomic mass is 10.3. The first-order valence-corrected chi connectivity index (χ1v) is 5.99. The summed E-state index contributed by atoms with van der Waals surface area (Å²) < 4.78 is 0. The van der Waals surface area contributed by atoms with Crippen molar-refractivity contribution in [2.75, 3.05) is 6.54 Å². The van der Waals surface area contributed by atoms with Crippen LogP contribution in [0.2, 0.25) is 0 Å². The summed E-state index contributed by atoms with van der Waals surface area (Å²) in [6, 6.07) is -0.234. The minimum Gasteiger partial charge on any atom is -0.476 e. The van der Waals surface area contributed by atoms with Gasteiger partial charge in [-0.15, -0.1) is 11.3 Å². The molecule has 0 saturated heterocycles. The number of amides is 2. The fourth-order valence-electron chi connectivity index (χ4n) is 1.25. The number of hydrogen-bond donors (Lipinski definition) is 2. The van der Waals surface area contributed by atoms with Crippen LogP contribution in [0.15, 0.2) is 5.38 Å². The molecule has 0 fully saturated rings. The zero-order valence-electron chi connectivity index (χ0n) is 9.91. The van der Waals surface area contributed by atoms with Crippen LogP contribution >= 0.6 is 11.3 Å². The fraction of sp³-hybridized carbons (Fsp3) is 0.400. The highest BCUT2D eigenvalue weighted by molar-refractivity contribution is 7.11. The Balaban J connectivity index is 2.94. The molecule has 0 aliphatic carbocycles. The Morgan fingerprint density at radius 2 is 2.11 bits per heavy atom. The van der Waals surface area contributed by atoms with Crippen LogP contribution in [0, 0.1) is 0 Å². The van der Waals surface area contributed by atoms with Crippen LogP contribution in [0.25, 0.3) is 0 Å². The molecule has 1 aromatic rings. The van der Waals surface area contributed by atoms with Gasteiger partial charge in [0.15, 0.2) is 10.7 Å². The lowest BCUT2D eigenvalue weighted by molar-refractivity contribution is -0.119. The molecule has 0 aliphatic heterocycles. The second kappa shape index (κ2) is 5.58. The van der Waals surface area contributed by atoms with E-state index >= 15 is 0 Å². The van der Waals surface area contributed by atoms with Gasteiger partial charge in [0.25, 0.3) is 5.91 Å². The summed E-state index contributed by atoms with van der Waals surface area (Å²) in [6.45, 7) is 3.23. The highest BCUT2D eigenvalue weighted by Gasteiger charge is 2.24. The number of carboxylic acids is 1. The first-order valence-electron chi connectivity index (χ1n) is 5.11. The number of carbonyl (C=O) groups excluding carboxylic acids is 2. The second-order valence-electron chi connectivity index (χ2n) is 3.84. The van der Waals surface area contributed by atoms with Crippen LogP contribution in [0.4, 0.5) is 0 Å². The normalized spacial score (nSPS) is 10.4. The highest BCUT2D eigenvalue weighted by Crippen LogP contribution is 2.14. The Morgan fingerprint density at radius 3 is 2.50 bits per heavy atom. The summed E-state index contributed by atoms with van der Waals surface area (Å²) >= 11 is 0.924. The van der Waals surface area contributed by atoms with E-state index in [1.54, 1.807) is 13.8 Å². The maximum absolute atomic E-state index is 12.0. The summed E-state index contributed by atoms with van der Waals surface area (Å²) in [6.07, 6.45) is 0. The van der Waals surface area contributed by atoms with Crippen LogP contribution in [-0.2, 0) is 4.79 Å². The molecule has 3 N–H and O–H groups in total. The zero-order chi connectivity index (χ0) is 13.9. The number of aromatic carboxylic acids is 1. The number of nitrogens with zero attached hydrogens (tertiary/aromatic N) is 2. The van der Waals surface area contributed by atoms with E-state index in [-0.39, 0.29) is 23.3 Å². The molecule has 0 atom stereocenters. The van der Waals surface area contributed by atoms with Crippen molar-refractivity contribution in [3.05, 3.63) is 16.1 Å². The van der Waals surface area contributed by atoms with Crippen LogP contribution in [-0.4, -0.2) is 45.4 Å². The molecule has 8 heteroatoms. The van der Waals surface area contributed by atoms with Gasteiger partial charge in [0.1, 0.15) is 0 Å². The molecule has 1 heterocycles. The molecule has 0 unspecified atom stereocenters. The maximum Gasteiger partial charge on any atom is 0.355 e. The average Bonchev–Trinajstić information content (AvgIpc) is 2.73. The number of primary amides is 1. The Morgan fingerprint density at radius 1 is 1.50 bits per heavy atom. The average molecular weight is 271 g/mol. The molecule has 0 aromatic carbocycles. The van der Waals surface area contributed by atoms with Crippen molar-refractivity contribution in [1.29, 1.82) is 0 Å². The predicted octanol–water partition coefficient (Wildman–Crippen LogP) is 0.177. The molecule has 98 valence electrons. The van der Waals surface area contributed by atoms with Crippen molar-refractivity contribution in [2.45, 2.75) is 19.9 Å². The van der Waals surface area contributed by atoms with E-state index in [9.17, 15) is 14.4 Å². The largest absolute Gasteiger partial charge is 0.476 e. The summed E-state index contributed by atoms with van der Waals surface area (Å²) in [5.41, 5.74) is 4.87.